The zero-order valence-electron chi connectivity index (χ0n) is 21.1. The van der Waals surface area contributed by atoms with Crippen molar-refractivity contribution in [1.29, 1.82) is 0 Å². The second-order valence-electron chi connectivity index (χ2n) is 9.65. The van der Waals surface area contributed by atoms with E-state index < -0.39 is 11.4 Å². The lowest BCUT2D eigenvalue weighted by molar-refractivity contribution is -0.131. The van der Waals surface area contributed by atoms with Gasteiger partial charge in [-0.25, -0.2) is 4.39 Å². The van der Waals surface area contributed by atoms with Crippen molar-refractivity contribution in [3.63, 3.8) is 0 Å². The van der Waals surface area contributed by atoms with Gasteiger partial charge in [0, 0.05) is 42.4 Å². The number of hydrogen-bond donors (Lipinski definition) is 1. The van der Waals surface area contributed by atoms with Crippen LogP contribution in [-0.4, -0.2) is 51.1 Å². The number of hydrogen-bond acceptors (Lipinski definition) is 6. The van der Waals surface area contributed by atoms with Crippen molar-refractivity contribution < 1.29 is 23.4 Å². The summed E-state index contributed by atoms with van der Waals surface area (Å²) in [5.41, 5.74) is 1.55. The minimum Gasteiger partial charge on any atom is -0.496 e. The van der Waals surface area contributed by atoms with Crippen LogP contribution in [0.4, 0.5) is 4.39 Å². The van der Waals surface area contributed by atoms with Gasteiger partial charge in [0.1, 0.15) is 28.5 Å². The van der Waals surface area contributed by atoms with Crippen LogP contribution in [0.15, 0.2) is 59.3 Å². The molecule has 0 spiro atoms. The Balaban J connectivity index is 1.55. The third-order valence-corrected chi connectivity index (χ3v) is 6.61. The number of aryl methyl sites for hydroxylation is 1. The molecule has 4 aromatic rings. The van der Waals surface area contributed by atoms with Gasteiger partial charge in [-0.1, -0.05) is 29.5 Å². The van der Waals surface area contributed by atoms with Gasteiger partial charge >= 0.3 is 0 Å². The molecule has 2 aromatic heterocycles. The number of para-hydroxylation sites is 1. The van der Waals surface area contributed by atoms with Gasteiger partial charge in [-0.15, -0.1) is 5.10 Å². The van der Waals surface area contributed by atoms with Crippen molar-refractivity contribution in [1.82, 2.24) is 19.9 Å². The molecule has 0 saturated heterocycles. The van der Waals surface area contributed by atoms with E-state index in [1.165, 1.54) is 0 Å². The second kappa shape index (κ2) is 9.82. The molecular formula is C28H29FN4O4. The molecule has 0 atom stereocenters. The number of methoxy groups -OCH3 is 1. The number of rotatable bonds is 7. The summed E-state index contributed by atoms with van der Waals surface area (Å²) in [5.74, 6) is 0.401. The molecule has 2 aromatic carbocycles. The lowest BCUT2D eigenvalue weighted by atomic mass is 9.93. The van der Waals surface area contributed by atoms with Crippen LogP contribution < -0.4 is 4.74 Å². The van der Waals surface area contributed by atoms with Gasteiger partial charge in [0.25, 0.3) is 0 Å². The minimum absolute atomic E-state index is 0.0276. The fraction of sp³-hybridized carbons (Fsp3) is 0.321. The highest BCUT2D eigenvalue weighted by Gasteiger charge is 2.28. The molecule has 1 aliphatic rings. The van der Waals surface area contributed by atoms with Crippen molar-refractivity contribution in [3.8, 4) is 16.9 Å². The predicted molar refractivity (Wildman–Crippen MR) is 137 cm³/mol. The van der Waals surface area contributed by atoms with Gasteiger partial charge in [0.05, 0.1) is 25.2 Å². The summed E-state index contributed by atoms with van der Waals surface area (Å²) in [4.78, 5) is 14.7. The van der Waals surface area contributed by atoms with Crippen molar-refractivity contribution in [2.45, 2.75) is 38.8 Å². The fourth-order valence-corrected chi connectivity index (χ4v) is 4.65. The Morgan fingerprint density at radius 1 is 1.22 bits per heavy atom. The largest absolute Gasteiger partial charge is 0.496 e. The highest BCUT2D eigenvalue weighted by molar-refractivity contribution is 5.98. The third-order valence-electron chi connectivity index (χ3n) is 6.61. The number of furan rings is 1. The van der Waals surface area contributed by atoms with E-state index in [4.69, 9.17) is 9.15 Å². The normalized spacial score (nSPS) is 14.2. The smallest absolute Gasteiger partial charge is 0.224 e. The number of ether oxygens (including phenoxy) is 1. The fourth-order valence-electron chi connectivity index (χ4n) is 4.65. The molecule has 0 fully saturated rings. The predicted octanol–water partition coefficient (Wildman–Crippen LogP) is 4.77. The summed E-state index contributed by atoms with van der Waals surface area (Å²) in [6, 6.07) is 10.8. The summed E-state index contributed by atoms with van der Waals surface area (Å²) in [6.07, 6.45) is 6.16. The first kappa shape index (κ1) is 24.7. The van der Waals surface area contributed by atoms with Crippen LogP contribution >= 0.6 is 0 Å². The van der Waals surface area contributed by atoms with Gasteiger partial charge < -0.3 is 19.2 Å². The average Bonchev–Trinajstić information content (AvgIpc) is 3.58. The lowest BCUT2D eigenvalue weighted by Gasteiger charge is -2.28. The molecule has 1 amide bonds. The molecule has 3 heterocycles. The van der Waals surface area contributed by atoms with Gasteiger partial charge in [0.15, 0.2) is 0 Å². The van der Waals surface area contributed by atoms with Crippen LogP contribution in [0.3, 0.4) is 0 Å². The first-order valence-corrected chi connectivity index (χ1v) is 12.2. The Morgan fingerprint density at radius 3 is 2.76 bits per heavy atom. The first-order valence-electron chi connectivity index (χ1n) is 12.2. The van der Waals surface area contributed by atoms with Crippen LogP contribution in [0.2, 0.25) is 0 Å². The maximum absolute atomic E-state index is 16.1. The highest BCUT2D eigenvalue weighted by atomic mass is 19.1. The minimum atomic E-state index is -1.29. The zero-order chi connectivity index (χ0) is 26.2. The van der Waals surface area contributed by atoms with Crippen LogP contribution in [0.25, 0.3) is 27.7 Å². The number of carbonyl (C=O) groups excluding carboxylic acids is 1. The van der Waals surface area contributed by atoms with Crippen molar-refractivity contribution >= 4 is 22.4 Å². The topological polar surface area (TPSA) is 93.6 Å². The third kappa shape index (κ3) is 4.86. The van der Waals surface area contributed by atoms with E-state index in [9.17, 15) is 9.90 Å². The molecule has 8 nitrogen and oxygen atoms in total. The van der Waals surface area contributed by atoms with Gasteiger partial charge in [-0.3, -0.25) is 9.48 Å². The quantitative estimate of drug-likeness (QED) is 0.390. The number of nitrogens with zero attached hydrogens (tertiary/aromatic N) is 4. The molecular weight excluding hydrogens is 475 g/mol. The van der Waals surface area contributed by atoms with E-state index in [-0.39, 0.29) is 23.5 Å². The SMILES string of the molecule is COc1ccccc1-c1cc(C2=CCCN(C(=O)CCn3ccnn3)C2)c(F)c2cc(C(C)(C)O)oc12. The molecule has 1 aliphatic heterocycles. The molecule has 0 saturated carbocycles. The van der Waals surface area contributed by atoms with Gasteiger partial charge in [-0.2, -0.15) is 0 Å². The first-order chi connectivity index (χ1) is 17.8. The number of amides is 1. The maximum atomic E-state index is 16.1. The van der Waals surface area contributed by atoms with Crippen molar-refractivity contribution in [3.05, 3.63) is 72.0 Å². The number of carbonyl (C=O) groups is 1. The number of aliphatic hydroxyl groups is 1. The zero-order valence-corrected chi connectivity index (χ0v) is 21.1. The molecule has 1 N–H and O–H groups in total. The van der Waals surface area contributed by atoms with Crippen LogP contribution in [0.1, 0.15) is 38.0 Å². The monoisotopic (exact) mass is 504 g/mol. The summed E-state index contributed by atoms with van der Waals surface area (Å²) in [6.45, 7) is 4.48. The Kier molecular flexibility index (Phi) is 6.55. The van der Waals surface area contributed by atoms with Crippen LogP contribution in [0, 0.1) is 5.82 Å². The molecule has 5 rings (SSSR count). The summed E-state index contributed by atoms with van der Waals surface area (Å²) in [7, 11) is 1.58. The Labute approximate surface area is 213 Å². The van der Waals surface area contributed by atoms with E-state index in [2.05, 4.69) is 10.3 Å². The number of benzene rings is 2. The molecule has 0 unspecified atom stereocenters. The highest BCUT2D eigenvalue weighted by Crippen LogP contribution is 2.42. The van der Waals surface area contributed by atoms with Crippen molar-refractivity contribution in [2.75, 3.05) is 20.2 Å². The molecule has 0 radical (unpaired) electrons. The second-order valence-corrected chi connectivity index (χ2v) is 9.65. The van der Waals surface area contributed by atoms with Gasteiger partial charge in [0.2, 0.25) is 5.91 Å². The van der Waals surface area contributed by atoms with Crippen LogP contribution in [0.5, 0.6) is 5.75 Å². The van der Waals surface area contributed by atoms with E-state index in [0.29, 0.717) is 48.5 Å². The maximum Gasteiger partial charge on any atom is 0.224 e. The van der Waals surface area contributed by atoms with E-state index in [1.807, 2.05) is 30.3 Å². The van der Waals surface area contributed by atoms with E-state index in [1.54, 1.807) is 55.1 Å². The summed E-state index contributed by atoms with van der Waals surface area (Å²) >= 11 is 0. The van der Waals surface area contributed by atoms with Gasteiger partial charge in [-0.05, 0) is 44.0 Å². The summed E-state index contributed by atoms with van der Waals surface area (Å²) < 4.78 is 29.3. The average molecular weight is 505 g/mol. The number of fused-ring (bicyclic) bond motifs is 1. The Hall–Kier alpha value is -3.98. The van der Waals surface area contributed by atoms with E-state index in [0.717, 1.165) is 11.1 Å². The standard InChI is InChI=1S/C28H29FN4O4/c1-28(2,35)24-16-22-26(29)20(15-21(27(22)37-24)19-8-4-5-9-23(19)36-3)18-7-6-12-32(17-18)25(34)10-13-33-14-11-30-31-33/h4-5,7-9,11,14-16,35H,6,10,12-13,17H2,1-3H3. The van der Waals surface area contributed by atoms with Crippen LogP contribution in [-0.2, 0) is 16.9 Å². The van der Waals surface area contributed by atoms with Crippen molar-refractivity contribution in [2.24, 2.45) is 0 Å². The Morgan fingerprint density at radius 2 is 2.03 bits per heavy atom. The number of halogens is 1. The lowest BCUT2D eigenvalue weighted by Crippen LogP contribution is -2.36. The Bertz CT molecular complexity index is 1470. The molecule has 0 aliphatic carbocycles. The molecule has 0 bridgehead atoms. The molecule has 37 heavy (non-hydrogen) atoms. The molecule has 192 valence electrons. The van der Waals surface area contributed by atoms with E-state index >= 15 is 4.39 Å². The molecule has 9 heteroatoms. The summed E-state index contributed by atoms with van der Waals surface area (Å²) in [5, 5.41) is 18.5. The number of aromatic nitrogens is 3.